The van der Waals surface area contributed by atoms with E-state index in [1.165, 1.54) is 27.3 Å². The molecule has 3 aromatic rings. The molecule has 0 aliphatic heterocycles. The number of amides is 2. The van der Waals surface area contributed by atoms with E-state index in [1.54, 1.807) is 50.8 Å². The van der Waals surface area contributed by atoms with Gasteiger partial charge >= 0.3 is 224 Å². The van der Waals surface area contributed by atoms with Gasteiger partial charge in [0, 0.05) is 0 Å². The van der Waals surface area contributed by atoms with Crippen molar-refractivity contribution in [1.29, 1.82) is 0 Å². The second kappa shape index (κ2) is 16.9. The molecule has 262 valence electrons. The molecule has 1 heterocycles. The number of methoxy groups -OCH3 is 2. The quantitative estimate of drug-likeness (QED) is 0.118. The zero-order valence-corrected chi connectivity index (χ0v) is 31.2. The Labute approximate surface area is 289 Å². The standard InChI is InChI=1S/C35H47IN4O8/c1-34(2,3)48-33(44)39-35(4,5)32(43)38-26(21-47-20-23-13-11-10-12-14-23)27(41)18-25-19-40(22-37-25)30(31(42)36(6)7)24-15-16-28(45-8)29(17-24)46-9/h10-17,19,22,26,30H,18,20-21H2,1-9H3,(H,38,43)(H,39,44)/t26-,30?/m1/s1. The van der Waals surface area contributed by atoms with Crippen LogP contribution in [0, 0.1) is 0 Å². The molecule has 3 rings (SSSR count). The minimum atomic E-state index is -1.95. The number of aromatic nitrogens is 2. The topological polar surface area (TPSA) is 147 Å². The summed E-state index contributed by atoms with van der Waals surface area (Å²) < 4.78 is 23.8. The van der Waals surface area contributed by atoms with Crippen LogP contribution >= 0.6 is 19.8 Å². The van der Waals surface area contributed by atoms with E-state index in [4.69, 9.17) is 18.9 Å². The maximum absolute atomic E-state index is 13.7. The van der Waals surface area contributed by atoms with Crippen LogP contribution in [0.5, 0.6) is 11.5 Å². The number of rotatable bonds is 16. The Morgan fingerprint density at radius 3 is 2.21 bits per heavy atom. The summed E-state index contributed by atoms with van der Waals surface area (Å²) in [6.07, 6.45) is 2.31. The number of carbonyl (C=O) groups excluding carboxylic acids is 4. The summed E-state index contributed by atoms with van der Waals surface area (Å²) in [5.41, 5.74) is -0.140. The molecule has 48 heavy (non-hydrogen) atoms. The van der Waals surface area contributed by atoms with Gasteiger partial charge in [-0.2, -0.15) is 0 Å². The number of nitrogens with one attached hydrogen (secondary N) is 2. The predicted octanol–water partition coefficient (Wildman–Crippen LogP) is 4.90. The number of nitrogens with zero attached hydrogens (tertiary/aromatic N) is 2. The zero-order chi connectivity index (χ0) is 35.6. The van der Waals surface area contributed by atoms with E-state index in [-0.39, 0.29) is 29.2 Å². The normalized spacial score (nSPS) is 13.1. The van der Waals surface area contributed by atoms with Crippen LogP contribution in [0.15, 0.2) is 61.1 Å². The van der Waals surface area contributed by atoms with Gasteiger partial charge in [0.05, 0.1) is 0 Å². The van der Waals surface area contributed by atoms with Crippen LogP contribution in [-0.2, 0) is 36.9 Å². The molecule has 2 atom stereocenters. The Morgan fingerprint density at radius 2 is 1.60 bits per heavy atom. The Hall–Kier alpha value is -3.98. The Morgan fingerprint density at radius 1 is 0.938 bits per heavy atom. The van der Waals surface area contributed by atoms with Crippen molar-refractivity contribution in [2.24, 2.45) is 0 Å². The van der Waals surface area contributed by atoms with Crippen LogP contribution in [0.2, 0.25) is 0 Å². The number of imidazole rings is 1. The number of alkyl halides is 2. The van der Waals surface area contributed by atoms with Gasteiger partial charge in [-0.25, -0.2) is 4.79 Å². The third-order valence-corrected chi connectivity index (χ3v) is 9.81. The van der Waals surface area contributed by atoms with Gasteiger partial charge in [-0.1, -0.05) is 30.3 Å². The van der Waals surface area contributed by atoms with E-state index < -0.39 is 55.0 Å². The molecule has 0 aliphatic rings. The van der Waals surface area contributed by atoms with Crippen molar-refractivity contribution in [3.05, 3.63) is 77.9 Å². The van der Waals surface area contributed by atoms with Crippen molar-refractivity contribution < 1.29 is 38.1 Å². The monoisotopic (exact) mass is 778 g/mol. The van der Waals surface area contributed by atoms with E-state index in [0.29, 0.717) is 22.8 Å². The average molecular weight is 779 g/mol. The molecule has 0 radical (unpaired) electrons. The fourth-order valence-corrected chi connectivity index (χ4v) is 6.46. The van der Waals surface area contributed by atoms with E-state index in [9.17, 15) is 19.2 Å². The van der Waals surface area contributed by atoms with E-state index >= 15 is 0 Å². The van der Waals surface area contributed by atoms with Gasteiger partial charge in [-0.05, 0) is 20.8 Å². The number of hydrogen-bond acceptors (Lipinski definition) is 9. The number of halogens is 1. The minimum absolute atomic E-state index is 0.0980. The molecule has 1 aromatic heterocycles. The summed E-state index contributed by atoms with van der Waals surface area (Å²) in [5, 5.41) is 5.32. The van der Waals surface area contributed by atoms with Crippen LogP contribution in [0.3, 0.4) is 0 Å². The van der Waals surface area contributed by atoms with Crippen molar-refractivity contribution in [2.45, 2.75) is 70.9 Å². The summed E-state index contributed by atoms with van der Waals surface area (Å²) in [4.78, 5) is 61.5. The molecule has 2 aromatic carbocycles. The Balaban J connectivity index is 1.84. The van der Waals surface area contributed by atoms with Crippen molar-refractivity contribution in [3.8, 4) is 11.5 Å². The van der Waals surface area contributed by atoms with Crippen LogP contribution in [0.25, 0.3) is 0 Å². The maximum atomic E-state index is 13.7. The predicted molar refractivity (Wildman–Crippen MR) is 191 cm³/mol. The van der Waals surface area contributed by atoms with Crippen LogP contribution < -0.4 is 20.1 Å². The van der Waals surface area contributed by atoms with Crippen molar-refractivity contribution >= 4 is 41.4 Å². The van der Waals surface area contributed by atoms with Gasteiger partial charge in [0.2, 0.25) is 0 Å². The first-order valence-corrected chi connectivity index (χ1v) is 20.7. The summed E-state index contributed by atoms with van der Waals surface area (Å²) in [6, 6.07) is 13.1. The Kier molecular flexibility index (Phi) is 13.6. The number of alkyl carbamates (subject to hydrolysis) is 1. The SMILES string of the molecule is COc1ccc(C(C(=O)I(C)C)n2cnc(CC(=O)[C@@H](COCc3ccccc3)NC(=O)C(C)(C)NC(=O)OC(C)(C)C)c2)cc1OC. The van der Waals surface area contributed by atoms with E-state index in [2.05, 4.69) is 15.6 Å². The number of Topliss-reactive ketones (excluding diaryl/α,β-unsaturated/α-hetero) is 1. The third-order valence-electron chi connectivity index (χ3n) is 7.09. The van der Waals surface area contributed by atoms with Gasteiger partial charge < -0.3 is 4.74 Å². The van der Waals surface area contributed by atoms with Gasteiger partial charge in [0.1, 0.15) is 5.60 Å². The molecule has 0 bridgehead atoms. The molecule has 0 saturated carbocycles. The second-order valence-electron chi connectivity index (χ2n) is 12.8. The van der Waals surface area contributed by atoms with Crippen LogP contribution in [0.1, 0.15) is 57.5 Å². The molecular weight excluding hydrogens is 731 g/mol. The summed E-state index contributed by atoms with van der Waals surface area (Å²) in [6.45, 7) is 8.30. The molecule has 13 heteroatoms. The van der Waals surface area contributed by atoms with Gasteiger partial charge in [-0.15, -0.1) is 0 Å². The number of benzene rings is 2. The molecule has 0 spiro atoms. The van der Waals surface area contributed by atoms with Crippen LogP contribution in [-0.4, -0.2) is 79.0 Å². The number of ether oxygens (including phenoxy) is 4. The van der Waals surface area contributed by atoms with Crippen molar-refractivity contribution in [1.82, 2.24) is 20.2 Å². The van der Waals surface area contributed by atoms with E-state index in [0.717, 1.165) is 5.56 Å². The molecule has 1 unspecified atom stereocenters. The average Bonchev–Trinajstić information content (AvgIpc) is 3.47. The first-order chi connectivity index (χ1) is 22.5. The van der Waals surface area contributed by atoms with Gasteiger partial charge in [-0.3, -0.25) is 0 Å². The van der Waals surface area contributed by atoms with E-state index in [1.807, 2.05) is 46.3 Å². The van der Waals surface area contributed by atoms with Gasteiger partial charge in [0.25, 0.3) is 0 Å². The summed E-state index contributed by atoms with van der Waals surface area (Å²) >= 11 is -1.95. The number of carbonyl (C=O) groups is 4. The molecule has 12 nitrogen and oxygen atoms in total. The molecule has 0 aliphatic carbocycles. The van der Waals surface area contributed by atoms with Crippen molar-refractivity contribution in [2.75, 3.05) is 30.7 Å². The molecule has 2 amide bonds. The fourth-order valence-electron chi connectivity index (χ4n) is 4.60. The molecule has 2 N–H and O–H groups in total. The molecular formula is C35H47IN4O8. The van der Waals surface area contributed by atoms with Crippen molar-refractivity contribution in [3.63, 3.8) is 0 Å². The second-order valence-corrected chi connectivity index (χ2v) is 18.2. The van der Waals surface area contributed by atoms with Gasteiger partial charge in [0.15, 0.2) is 0 Å². The summed E-state index contributed by atoms with van der Waals surface area (Å²) in [5.74, 6) is 0.0826. The molecule has 0 saturated heterocycles. The first kappa shape index (κ1) is 38.5. The third kappa shape index (κ3) is 11.0. The number of hydrogen-bond donors (Lipinski definition) is 2. The molecule has 0 fully saturated rings. The van der Waals surface area contributed by atoms with Crippen LogP contribution in [0.4, 0.5) is 4.79 Å². The summed E-state index contributed by atoms with van der Waals surface area (Å²) in [7, 11) is 3.08. The fraction of sp³-hybridized carbons (Fsp3) is 0.457. The first-order valence-electron chi connectivity index (χ1n) is 15.3. The number of ketones is 1. The zero-order valence-electron chi connectivity index (χ0n) is 29.1. The Bertz CT molecular complexity index is 1570.